The van der Waals surface area contributed by atoms with E-state index in [1.807, 2.05) is 24.4 Å². The lowest BCUT2D eigenvalue weighted by atomic mass is 10.3. The molecule has 0 aliphatic carbocycles. The van der Waals surface area contributed by atoms with Crippen LogP contribution in [0.5, 0.6) is 0 Å². The number of pyridine rings is 1. The number of fused-ring (bicyclic) bond motifs is 1. The van der Waals surface area contributed by atoms with E-state index in [0.717, 1.165) is 68.4 Å². The molecule has 2 aliphatic rings. The smallest absolute Gasteiger partial charge is 0.224 e. The van der Waals surface area contributed by atoms with Crippen molar-refractivity contribution in [2.75, 3.05) is 54.5 Å². The van der Waals surface area contributed by atoms with Crippen LogP contribution in [0.2, 0.25) is 0 Å². The van der Waals surface area contributed by atoms with E-state index in [2.05, 4.69) is 25.1 Å². The summed E-state index contributed by atoms with van der Waals surface area (Å²) >= 11 is 0. The zero-order chi connectivity index (χ0) is 18.1. The number of rotatable bonds is 4. The van der Waals surface area contributed by atoms with Gasteiger partial charge in [-0.3, -0.25) is 0 Å². The van der Waals surface area contributed by atoms with E-state index in [-0.39, 0.29) is 6.04 Å². The average Bonchev–Trinajstić information content (AvgIpc) is 3.38. The fourth-order valence-electron chi connectivity index (χ4n) is 3.77. The highest BCUT2D eigenvalue weighted by atomic mass is 16.5. The fourth-order valence-corrected chi connectivity index (χ4v) is 3.77. The fraction of sp³-hybridized carbons (Fsp3) is 0.421. The summed E-state index contributed by atoms with van der Waals surface area (Å²) < 4.78 is 10.9. The maximum Gasteiger partial charge on any atom is 0.224 e. The molecule has 5 heterocycles. The zero-order valence-electron chi connectivity index (χ0n) is 15.0. The number of anilines is 3. The Morgan fingerprint density at radius 1 is 1.00 bits per heavy atom. The molecule has 0 bridgehead atoms. The number of nitrogens with one attached hydrogen (secondary N) is 1. The molecule has 2 fully saturated rings. The van der Waals surface area contributed by atoms with E-state index in [1.165, 1.54) is 0 Å². The van der Waals surface area contributed by atoms with Gasteiger partial charge in [0.25, 0.3) is 0 Å². The van der Waals surface area contributed by atoms with Crippen molar-refractivity contribution in [2.24, 2.45) is 0 Å². The molecular weight excluding hydrogens is 344 g/mol. The van der Waals surface area contributed by atoms with Crippen molar-refractivity contribution in [3.05, 3.63) is 36.9 Å². The molecule has 2 saturated heterocycles. The first-order valence-corrected chi connectivity index (χ1v) is 9.36. The van der Waals surface area contributed by atoms with Gasteiger partial charge in [0, 0.05) is 44.6 Å². The van der Waals surface area contributed by atoms with Gasteiger partial charge in [0.2, 0.25) is 5.95 Å². The lowest BCUT2D eigenvalue weighted by Gasteiger charge is -2.28. The molecule has 1 unspecified atom stereocenters. The molecule has 1 N–H and O–H groups in total. The summed E-state index contributed by atoms with van der Waals surface area (Å²) in [6.45, 7) is 5.04. The van der Waals surface area contributed by atoms with Crippen molar-refractivity contribution in [2.45, 2.75) is 12.5 Å². The monoisotopic (exact) mass is 366 g/mol. The average molecular weight is 366 g/mol. The number of aromatic nitrogens is 3. The van der Waals surface area contributed by atoms with Gasteiger partial charge in [0.15, 0.2) is 0 Å². The van der Waals surface area contributed by atoms with Crippen LogP contribution in [-0.2, 0) is 4.74 Å². The first kappa shape index (κ1) is 16.3. The van der Waals surface area contributed by atoms with Crippen LogP contribution in [0, 0.1) is 0 Å². The van der Waals surface area contributed by atoms with Crippen molar-refractivity contribution >= 4 is 28.6 Å². The van der Waals surface area contributed by atoms with Crippen LogP contribution in [-0.4, -0.2) is 60.4 Å². The maximum atomic E-state index is 5.50. The molecule has 2 aliphatic heterocycles. The van der Waals surface area contributed by atoms with Crippen LogP contribution in [0.4, 0.5) is 17.6 Å². The van der Waals surface area contributed by atoms with Gasteiger partial charge >= 0.3 is 0 Å². The summed E-state index contributed by atoms with van der Waals surface area (Å²) in [6.07, 6.45) is 6.35. The Morgan fingerprint density at radius 2 is 1.89 bits per heavy atom. The van der Waals surface area contributed by atoms with Crippen LogP contribution < -0.4 is 15.1 Å². The number of ether oxygens (including phenoxy) is 1. The number of morpholine rings is 1. The molecule has 3 aromatic rings. The van der Waals surface area contributed by atoms with Crippen LogP contribution in [0.15, 0.2) is 41.3 Å². The van der Waals surface area contributed by atoms with Gasteiger partial charge in [-0.1, -0.05) is 0 Å². The zero-order valence-corrected chi connectivity index (χ0v) is 15.0. The summed E-state index contributed by atoms with van der Waals surface area (Å²) in [4.78, 5) is 18.2. The number of hydrogen-bond acceptors (Lipinski definition) is 8. The molecule has 8 heteroatoms. The van der Waals surface area contributed by atoms with E-state index in [4.69, 9.17) is 14.1 Å². The lowest BCUT2D eigenvalue weighted by Crippen LogP contribution is -2.37. The lowest BCUT2D eigenvalue weighted by molar-refractivity contribution is 0.122. The largest absolute Gasteiger partial charge is 0.464 e. The second kappa shape index (κ2) is 7.03. The highest BCUT2D eigenvalue weighted by molar-refractivity contribution is 5.88. The Bertz CT molecular complexity index is 923. The number of furan rings is 1. The third kappa shape index (κ3) is 3.28. The minimum atomic E-state index is 0.286. The first-order chi connectivity index (χ1) is 13.4. The molecule has 1 atom stereocenters. The summed E-state index contributed by atoms with van der Waals surface area (Å²) in [7, 11) is 0. The predicted molar refractivity (Wildman–Crippen MR) is 103 cm³/mol. The van der Waals surface area contributed by atoms with Gasteiger partial charge in [0.1, 0.15) is 17.2 Å². The maximum absolute atomic E-state index is 5.50. The van der Waals surface area contributed by atoms with Crippen LogP contribution >= 0.6 is 0 Å². The van der Waals surface area contributed by atoms with Gasteiger partial charge in [-0.25, -0.2) is 9.97 Å². The number of nitrogens with zero attached hydrogens (tertiary/aromatic N) is 5. The van der Waals surface area contributed by atoms with Crippen molar-refractivity contribution in [3.63, 3.8) is 0 Å². The third-order valence-corrected chi connectivity index (χ3v) is 5.16. The quantitative estimate of drug-likeness (QED) is 0.752. The summed E-state index contributed by atoms with van der Waals surface area (Å²) in [5.41, 5.74) is 0.873. The van der Waals surface area contributed by atoms with Gasteiger partial charge < -0.3 is 24.3 Å². The van der Waals surface area contributed by atoms with Gasteiger partial charge in [-0.05, 0) is 24.6 Å². The van der Waals surface area contributed by atoms with Crippen LogP contribution in [0.1, 0.15) is 6.42 Å². The second-order valence-corrected chi connectivity index (χ2v) is 6.88. The SMILES string of the molecule is c1cc(N2CCOCC2)nc(NC2CCN(c3nccc4occc34)C2)n1. The Labute approximate surface area is 157 Å². The molecule has 0 aromatic carbocycles. The van der Waals surface area contributed by atoms with E-state index < -0.39 is 0 Å². The van der Waals surface area contributed by atoms with Crippen LogP contribution in [0.3, 0.4) is 0 Å². The molecule has 0 radical (unpaired) electrons. The molecular formula is C19H22N6O2. The van der Waals surface area contributed by atoms with Gasteiger partial charge in [-0.2, -0.15) is 4.98 Å². The van der Waals surface area contributed by atoms with E-state index in [1.54, 1.807) is 12.5 Å². The Morgan fingerprint density at radius 3 is 2.81 bits per heavy atom. The molecule has 5 rings (SSSR count). The summed E-state index contributed by atoms with van der Waals surface area (Å²) in [6, 6.07) is 6.12. The van der Waals surface area contributed by atoms with Gasteiger partial charge in [0.05, 0.1) is 24.9 Å². The Hall–Kier alpha value is -2.87. The predicted octanol–water partition coefficient (Wildman–Crippen LogP) is 2.15. The van der Waals surface area contributed by atoms with Crippen molar-refractivity contribution in [1.29, 1.82) is 0 Å². The Balaban J connectivity index is 1.28. The standard InChI is InChI=1S/C19H22N6O2/c1-5-20-18(15-4-10-27-16(1)15)25-7-3-14(13-25)22-19-21-6-2-17(23-19)24-8-11-26-12-9-24/h1-2,4-6,10,14H,3,7-9,11-13H2,(H,21,22,23). The molecule has 8 nitrogen and oxygen atoms in total. The minimum absolute atomic E-state index is 0.286. The first-order valence-electron chi connectivity index (χ1n) is 9.36. The van der Waals surface area contributed by atoms with Crippen molar-refractivity contribution < 1.29 is 9.15 Å². The molecule has 0 spiro atoms. The molecule has 0 amide bonds. The van der Waals surface area contributed by atoms with Crippen molar-refractivity contribution in [3.8, 4) is 0 Å². The summed E-state index contributed by atoms with van der Waals surface area (Å²) in [5, 5.41) is 4.55. The highest BCUT2D eigenvalue weighted by Gasteiger charge is 2.26. The molecule has 0 saturated carbocycles. The summed E-state index contributed by atoms with van der Waals surface area (Å²) in [5.74, 6) is 2.62. The topological polar surface area (TPSA) is 79.5 Å². The second-order valence-electron chi connectivity index (χ2n) is 6.88. The normalized spacial score (nSPS) is 20.4. The molecule has 3 aromatic heterocycles. The van der Waals surface area contributed by atoms with Crippen molar-refractivity contribution in [1.82, 2.24) is 15.0 Å². The number of hydrogen-bond donors (Lipinski definition) is 1. The minimum Gasteiger partial charge on any atom is -0.464 e. The van der Waals surface area contributed by atoms with E-state index in [0.29, 0.717) is 5.95 Å². The van der Waals surface area contributed by atoms with E-state index >= 15 is 0 Å². The highest BCUT2D eigenvalue weighted by Crippen LogP contribution is 2.28. The molecule has 140 valence electrons. The third-order valence-electron chi connectivity index (χ3n) is 5.16. The molecule has 27 heavy (non-hydrogen) atoms. The Kier molecular flexibility index (Phi) is 4.25. The van der Waals surface area contributed by atoms with Crippen LogP contribution in [0.25, 0.3) is 11.0 Å². The van der Waals surface area contributed by atoms with E-state index in [9.17, 15) is 0 Å². The van der Waals surface area contributed by atoms with Gasteiger partial charge in [-0.15, -0.1) is 0 Å².